The van der Waals surface area contributed by atoms with Gasteiger partial charge in [-0.05, 0) is 49.2 Å². The van der Waals surface area contributed by atoms with Crippen molar-refractivity contribution >= 4 is 34.0 Å². The number of fused-ring (bicyclic) bond motifs is 1. The van der Waals surface area contributed by atoms with Gasteiger partial charge in [-0.1, -0.05) is 12.1 Å². The van der Waals surface area contributed by atoms with Crippen molar-refractivity contribution in [2.45, 2.75) is 13.8 Å². The van der Waals surface area contributed by atoms with Gasteiger partial charge in [-0.3, -0.25) is 14.9 Å². The van der Waals surface area contributed by atoms with E-state index in [1.807, 2.05) is 55.6 Å². The molecular formula is C22H21N3O4S. The molecule has 2 aromatic carbocycles. The maximum absolute atomic E-state index is 12.3. The molecule has 2 amide bonds. The van der Waals surface area contributed by atoms with Crippen LogP contribution in [0.1, 0.15) is 11.1 Å². The summed E-state index contributed by atoms with van der Waals surface area (Å²) in [5.41, 5.74) is 4.29. The quantitative estimate of drug-likeness (QED) is 0.675. The molecule has 154 valence electrons. The van der Waals surface area contributed by atoms with Crippen molar-refractivity contribution in [1.82, 2.24) is 4.98 Å². The van der Waals surface area contributed by atoms with Crippen molar-refractivity contribution < 1.29 is 19.1 Å². The highest BCUT2D eigenvalue weighted by Gasteiger charge is 2.23. The van der Waals surface area contributed by atoms with Crippen LogP contribution in [-0.4, -0.2) is 37.1 Å². The second kappa shape index (κ2) is 8.16. The SMILES string of the molecule is Cc1ccc(C)c(OCC(=O)Nc2nc(-c3ccc4c(c3)N(C)C(=O)CO4)cs2)c1. The number of carbonyl (C=O) groups is 2. The molecule has 0 saturated heterocycles. The predicted molar refractivity (Wildman–Crippen MR) is 116 cm³/mol. The summed E-state index contributed by atoms with van der Waals surface area (Å²) in [5, 5.41) is 5.11. The number of nitrogens with zero attached hydrogens (tertiary/aromatic N) is 2. The Labute approximate surface area is 178 Å². The Hall–Kier alpha value is -3.39. The first-order valence-electron chi connectivity index (χ1n) is 9.40. The first-order valence-corrected chi connectivity index (χ1v) is 10.3. The number of hydrogen-bond donors (Lipinski definition) is 1. The number of benzene rings is 2. The van der Waals surface area contributed by atoms with Gasteiger partial charge in [-0.2, -0.15) is 0 Å². The zero-order valence-electron chi connectivity index (χ0n) is 16.9. The highest BCUT2D eigenvalue weighted by molar-refractivity contribution is 7.14. The van der Waals surface area contributed by atoms with E-state index >= 15 is 0 Å². The van der Waals surface area contributed by atoms with Crippen LogP contribution in [0.2, 0.25) is 0 Å². The van der Waals surface area contributed by atoms with E-state index in [9.17, 15) is 9.59 Å². The monoisotopic (exact) mass is 423 g/mol. The lowest BCUT2D eigenvalue weighted by Crippen LogP contribution is -2.35. The third-order valence-electron chi connectivity index (χ3n) is 4.79. The molecular weight excluding hydrogens is 402 g/mol. The second-order valence-corrected chi connectivity index (χ2v) is 7.93. The van der Waals surface area contributed by atoms with Gasteiger partial charge in [0.2, 0.25) is 0 Å². The molecule has 0 atom stereocenters. The van der Waals surface area contributed by atoms with E-state index < -0.39 is 0 Å². The van der Waals surface area contributed by atoms with Gasteiger partial charge in [0.05, 0.1) is 11.4 Å². The molecule has 0 fully saturated rings. The highest BCUT2D eigenvalue weighted by Crippen LogP contribution is 2.36. The lowest BCUT2D eigenvalue weighted by molar-refractivity contribution is -0.121. The first kappa shape index (κ1) is 19.9. The van der Waals surface area contributed by atoms with E-state index in [4.69, 9.17) is 9.47 Å². The second-order valence-electron chi connectivity index (χ2n) is 7.07. The van der Waals surface area contributed by atoms with Crippen molar-refractivity contribution in [3.63, 3.8) is 0 Å². The molecule has 0 bridgehead atoms. The van der Waals surface area contributed by atoms with Gasteiger partial charge < -0.3 is 14.4 Å². The van der Waals surface area contributed by atoms with Gasteiger partial charge in [0.15, 0.2) is 18.3 Å². The minimum absolute atomic E-state index is 0.0415. The third-order valence-corrected chi connectivity index (χ3v) is 5.55. The molecule has 1 aliphatic heterocycles. The van der Waals surface area contributed by atoms with Crippen molar-refractivity contribution in [3.8, 4) is 22.8 Å². The molecule has 0 unspecified atom stereocenters. The minimum Gasteiger partial charge on any atom is -0.483 e. The molecule has 0 aliphatic carbocycles. The molecule has 1 aliphatic rings. The van der Waals surface area contributed by atoms with Gasteiger partial charge in [-0.25, -0.2) is 4.98 Å². The Morgan fingerprint density at radius 1 is 1.27 bits per heavy atom. The summed E-state index contributed by atoms with van der Waals surface area (Å²) in [6.45, 7) is 3.86. The van der Waals surface area contributed by atoms with Gasteiger partial charge in [0.25, 0.3) is 11.8 Å². The summed E-state index contributed by atoms with van der Waals surface area (Å²) in [6, 6.07) is 11.4. The summed E-state index contributed by atoms with van der Waals surface area (Å²) in [7, 11) is 1.72. The van der Waals surface area contributed by atoms with E-state index in [1.54, 1.807) is 11.9 Å². The molecule has 0 radical (unpaired) electrons. The number of likely N-dealkylation sites (N-methyl/N-ethyl adjacent to an activating group) is 1. The Kier molecular flexibility index (Phi) is 5.41. The van der Waals surface area contributed by atoms with E-state index in [1.165, 1.54) is 11.3 Å². The van der Waals surface area contributed by atoms with E-state index in [0.717, 1.165) is 16.7 Å². The van der Waals surface area contributed by atoms with Crippen LogP contribution in [0.4, 0.5) is 10.8 Å². The molecule has 2 heterocycles. The van der Waals surface area contributed by atoms with Gasteiger partial charge >= 0.3 is 0 Å². The van der Waals surface area contributed by atoms with Crippen LogP contribution >= 0.6 is 11.3 Å². The fourth-order valence-electron chi connectivity index (χ4n) is 3.06. The van der Waals surface area contributed by atoms with Crippen molar-refractivity contribution in [2.24, 2.45) is 0 Å². The summed E-state index contributed by atoms with van der Waals surface area (Å²) in [5.74, 6) is 0.976. The smallest absolute Gasteiger partial charge is 0.264 e. The van der Waals surface area contributed by atoms with Gasteiger partial charge in [-0.15, -0.1) is 11.3 Å². The zero-order chi connectivity index (χ0) is 21.3. The van der Waals surface area contributed by atoms with Crippen molar-refractivity contribution in [1.29, 1.82) is 0 Å². The fraction of sp³-hybridized carbons (Fsp3) is 0.227. The van der Waals surface area contributed by atoms with Crippen LogP contribution in [0.25, 0.3) is 11.3 Å². The van der Waals surface area contributed by atoms with Crippen molar-refractivity contribution in [3.05, 3.63) is 52.9 Å². The number of aromatic nitrogens is 1. The van der Waals surface area contributed by atoms with E-state index in [0.29, 0.717) is 28.0 Å². The minimum atomic E-state index is -0.277. The van der Waals surface area contributed by atoms with Crippen LogP contribution in [-0.2, 0) is 9.59 Å². The maximum Gasteiger partial charge on any atom is 0.264 e. The zero-order valence-corrected chi connectivity index (χ0v) is 17.7. The molecule has 0 saturated carbocycles. The summed E-state index contributed by atoms with van der Waals surface area (Å²) in [4.78, 5) is 30.2. The summed E-state index contributed by atoms with van der Waals surface area (Å²) in [6.07, 6.45) is 0. The van der Waals surface area contributed by atoms with Crippen LogP contribution in [0.5, 0.6) is 11.5 Å². The molecule has 30 heavy (non-hydrogen) atoms. The van der Waals surface area contributed by atoms with Crippen LogP contribution in [0, 0.1) is 13.8 Å². The van der Waals surface area contributed by atoms with Crippen LogP contribution < -0.4 is 19.7 Å². The summed E-state index contributed by atoms with van der Waals surface area (Å²) >= 11 is 1.33. The van der Waals surface area contributed by atoms with Crippen molar-refractivity contribution in [2.75, 3.05) is 30.5 Å². The molecule has 8 heteroatoms. The number of carbonyl (C=O) groups excluding carboxylic acids is 2. The first-order chi connectivity index (χ1) is 14.4. The summed E-state index contributed by atoms with van der Waals surface area (Å²) < 4.78 is 11.1. The average Bonchev–Trinajstić information content (AvgIpc) is 3.19. The number of hydrogen-bond acceptors (Lipinski definition) is 6. The standard InChI is InChI=1S/C22H21N3O4S/c1-13-4-5-14(2)19(8-13)28-10-20(26)24-22-23-16(12-30-22)15-6-7-18-17(9-15)25(3)21(27)11-29-18/h4-9,12H,10-11H2,1-3H3,(H,23,24,26). The topological polar surface area (TPSA) is 80.8 Å². The number of thiazole rings is 1. The Bertz CT molecular complexity index is 1130. The lowest BCUT2D eigenvalue weighted by atomic mass is 10.1. The molecule has 7 nitrogen and oxygen atoms in total. The number of rotatable bonds is 5. The van der Waals surface area contributed by atoms with E-state index in [-0.39, 0.29) is 25.0 Å². The third kappa shape index (κ3) is 4.13. The van der Waals surface area contributed by atoms with E-state index in [2.05, 4.69) is 10.3 Å². The Balaban J connectivity index is 1.42. The van der Waals surface area contributed by atoms with Gasteiger partial charge in [0, 0.05) is 18.0 Å². The lowest BCUT2D eigenvalue weighted by Gasteiger charge is -2.26. The number of amides is 2. The Morgan fingerprint density at radius 3 is 2.93 bits per heavy atom. The largest absolute Gasteiger partial charge is 0.483 e. The highest BCUT2D eigenvalue weighted by atomic mass is 32.1. The van der Waals surface area contributed by atoms with Crippen LogP contribution in [0.3, 0.4) is 0 Å². The number of ether oxygens (including phenoxy) is 2. The Morgan fingerprint density at radius 2 is 2.10 bits per heavy atom. The average molecular weight is 423 g/mol. The molecule has 0 spiro atoms. The van der Waals surface area contributed by atoms with Crippen LogP contribution in [0.15, 0.2) is 41.8 Å². The number of anilines is 2. The van der Waals surface area contributed by atoms with Gasteiger partial charge in [0.1, 0.15) is 11.5 Å². The molecule has 1 N–H and O–H groups in total. The maximum atomic E-state index is 12.3. The number of nitrogens with one attached hydrogen (secondary N) is 1. The molecule has 4 rings (SSSR count). The molecule has 1 aromatic heterocycles. The normalized spacial score (nSPS) is 12.9. The fourth-order valence-corrected chi connectivity index (χ4v) is 3.79. The predicted octanol–water partition coefficient (Wildman–Crippen LogP) is 3.80. The molecule has 3 aromatic rings. The number of aryl methyl sites for hydroxylation is 2.